The van der Waals surface area contributed by atoms with Gasteiger partial charge in [-0.05, 0) is 56.7 Å². The summed E-state index contributed by atoms with van der Waals surface area (Å²) in [5.74, 6) is -1.17. The average Bonchev–Trinajstić information content (AvgIpc) is 2.54. The lowest BCUT2D eigenvalue weighted by atomic mass is 9.85. The Kier molecular flexibility index (Phi) is 5.22. The van der Waals surface area contributed by atoms with Crippen molar-refractivity contribution >= 4 is 11.9 Å². The van der Waals surface area contributed by atoms with E-state index in [4.69, 9.17) is 5.11 Å². The molecule has 1 saturated carbocycles. The second-order valence-electron chi connectivity index (χ2n) is 6.98. The number of aromatic nitrogens is 1. The van der Waals surface area contributed by atoms with Gasteiger partial charge in [0.05, 0.1) is 6.54 Å². The molecule has 0 atom stereocenters. The van der Waals surface area contributed by atoms with E-state index < -0.39 is 5.97 Å². The van der Waals surface area contributed by atoms with E-state index in [9.17, 15) is 14.4 Å². The number of fused-ring (bicyclic) bond motifs is 1. The van der Waals surface area contributed by atoms with Crippen LogP contribution < -0.4 is 10.9 Å². The molecule has 1 amide bonds. The van der Waals surface area contributed by atoms with Crippen molar-refractivity contribution in [3.05, 3.63) is 33.2 Å². The normalized spacial score (nSPS) is 22.2. The van der Waals surface area contributed by atoms with Gasteiger partial charge in [0.1, 0.15) is 5.56 Å². The van der Waals surface area contributed by atoms with Gasteiger partial charge in [-0.1, -0.05) is 6.92 Å². The third-order valence-electron chi connectivity index (χ3n) is 5.29. The minimum absolute atomic E-state index is 0.00391. The van der Waals surface area contributed by atoms with Crippen LogP contribution in [0.15, 0.2) is 10.9 Å². The molecule has 7 nitrogen and oxygen atoms in total. The molecule has 0 aliphatic heterocycles. The van der Waals surface area contributed by atoms with Crippen molar-refractivity contribution in [1.82, 2.24) is 15.2 Å². The lowest BCUT2D eigenvalue weighted by molar-refractivity contribution is -0.139. The van der Waals surface area contributed by atoms with Gasteiger partial charge in [0.25, 0.3) is 11.5 Å². The number of carboxylic acids is 1. The summed E-state index contributed by atoms with van der Waals surface area (Å²) in [7, 11) is 0. The first-order valence-electron chi connectivity index (χ1n) is 8.99. The number of carbonyl (C=O) groups excluding carboxylic acids is 1. The van der Waals surface area contributed by atoms with Gasteiger partial charge in [-0.2, -0.15) is 0 Å². The van der Waals surface area contributed by atoms with E-state index in [1.54, 1.807) is 6.07 Å². The van der Waals surface area contributed by atoms with Gasteiger partial charge in [0.2, 0.25) is 0 Å². The fourth-order valence-corrected chi connectivity index (χ4v) is 3.78. The van der Waals surface area contributed by atoms with Gasteiger partial charge in [0, 0.05) is 17.8 Å². The molecular weight excluding hydrogens is 322 g/mol. The third kappa shape index (κ3) is 3.92. The lowest BCUT2D eigenvalue weighted by Gasteiger charge is -2.42. The Morgan fingerprint density at radius 2 is 2.04 bits per heavy atom. The van der Waals surface area contributed by atoms with E-state index >= 15 is 0 Å². The van der Waals surface area contributed by atoms with E-state index in [2.05, 4.69) is 10.3 Å². The molecule has 25 heavy (non-hydrogen) atoms. The molecule has 2 aliphatic carbocycles. The van der Waals surface area contributed by atoms with Crippen LogP contribution in [0.2, 0.25) is 0 Å². The van der Waals surface area contributed by atoms with Crippen molar-refractivity contribution in [2.24, 2.45) is 0 Å². The Balaban J connectivity index is 1.59. The maximum atomic E-state index is 12.4. The number of nitrogens with one attached hydrogen (secondary N) is 2. The first-order chi connectivity index (χ1) is 12.0. The molecule has 0 spiro atoms. The maximum absolute atomic E-state index is 12.4. The highest BCUT2D eigenvalue weighted by molar-refractivity contribution is 5.94. The lowest BCUT2D eigenvalue weighted by Crippen LogP contribution is -2.55. The summed E-state index contributed by atoms with van der Waals surface area (Å²) < 4.78 is 0. The molecule has 0 unspecified atom stereocenters. The topological polar surface area (TPSA) is 102 Å². The smallest absolute Gasteiger partial charge is 0.317 e. The van der Waals surface area contributed by atoms with E-state index in [1.807, 2.05) is 11.8 Å². The highest BCUT2D eigenvalue weighted by Crippen LogP contribution is 2.26. The number of pyridine rings is 1. The standard InChI is InChI=1S/C18H25N3O4/c1-2-21(10-16(22)23)13-8-12(9-13)19-17(24)14-7-11-5-3-4-6-15(11)20-18(14)25/h7,12-13H,2-6,8-10H2,1H3,(H,19,24)(H,20,25)(H,22,23). The number of hydrogen-bond donors (Lipinski definition) is 3. The van der Waals surface area contributed by atoms with Crippen LogP contribution in [-0.4, -0.2) is 52.0 Å². The molecule has 1 fully saturated rings. The highest BCUT2D eigenvalue weighted by Gasteiger charge is 2.35. The quantitative estimate of drug-likeness (QED) is 0.710. The van der Waals surface area contributed by atoms with Crippen LogP contribution in [0.1, 0.15) is 54.2 Å². The number of carboxylic acid groups (broad SMARTS) is 1. The van der Waals surface area contributed by atoms with Crippen molar-refractivity contribution in [2.75, 3.05) is 13.1 Å². The summed E-state index contributed by atoms with van der Waals surface area (Å²) in [6.07, 6.45) is 5.36. The highest BCUT2D eigenvalue weighted by atomic mass is 16.4. The van der Waals surface area contributed by atoms with Gasteiger partial charge in [-0.15, -0.1) is 0 Å². The molecule has 0 bridgehead atoms. The minimum atomic E-state index is -0.838. The molecule has 7 heteroatoms. The van der Waals surface area contributed by atoms with Gasteiger partial charge < -0.3 is 15.4 Å². The van der Waals surface area contributed by atoms with Crippen LogP contribution in [0.3, 0.4) is 0 Å². The molecule has 0 saturated heterocycles. The van der Waals surface area contributed by atoms with Gasteiger partial charge in [0.15, 0.2) is 0 Å². The molecular formula is C18H25N3O4. The number of H-pyrrole nitrogens is 1. The monoisotopic (exact) mass is 347 g/mol. The van der Waals surface area contributed by atoms with E-state index in [1.165, 1.54) is 0 Å². The molecule has 3 N–H and O–H groups in total. The summed E-state index contributed by atoms with van der Waals surface area (Å²) in [6.45, 7) is 2.62. The van der Waals surface area contributed by atoms with Crippen molar-refractivity contribution in [3.8, 4) is 0 Å². The molecule has 3 rings (SSSR count). The van der Waals surface area contributed by atoms with E-state index in [-0.39, 0.29) is 35.7 Å². The number of carbonyl (C=O) groups is 2. The summed E-state index contributed by atoms with van der Waals surface area (Å²) in [4.78, 5) is 40.2. The Bertz CT molecular complexity index is 722. The average molecular weight is 347 g/mol. The maximum Gasteiger partial charge on any atom is 0.317 e. The van der Waals surface area contributed by atoms with Crippen LogP contribution in [0.4, 0.5) is 0 Å². The fraction of sp³-hybridized carbons (Fsp3) is 0.611. The summed E-state index contributed by atoms with van der Waals surface area (Å²) in [5, 5.41) is 11.8. The number of aliphatic carboxylic acids is 1. The Labute approximate surface area is 146 Å². The predicted molar refractivity (Wildman–Crippen MR) is 92.9 cm³/mol. The molecule has 0 aromatic carbocycles. The first kappa shape index (κ1) is 17.7. The van der Waals surface area contributed by atoms with Crippen molar-refractivity contribution < 1.29 is 14.7 Å². The Morgan fingerprint density at radius 1 is 1.32 bits per heavy atom. The number of hydrogen-bond acceptors (Lipinski definition) is 4. The van der Waals surface area contributed by atoms with Crippen LogP contribution in [0, 0.1) is 0 Å². The molecule has 2 aliphatic rings. The zero-order chi connectivity index (χ0) is 18.0. The second-order valence-corrected chi connectivity index (χ2v) is 6.98. The molecule has 136 valence electrons. The minimum Gasteiger partial charge on any atom is -0.480 e. The molecule has 1 heterocycles. The fourth-order valence-electron chi connectivity index (χ4n) is 3.78. The molecule has 1 aromatic heterocycles. The van der Waals surface area contributed by atoms with Gasteiger partial charge >= 0.3 is 5.97 Å². The van der Waals surface area contributed by atoms with Gasteiger partial charge in [-0.3, -0.25) is 19.3 Å². The number of aromatic amines is 1. The summed E-state index contributed by atoms with van der Waals surface area (Å²) >= 11 is 0. The van der Waals surface area contributed by atoms with Crippen LogP contribution in [0.25, 0.3) is 0 Å². The summed E-state index contributed by atoms with van der Waals surface area (Å²) in [5.41, 5.74) is 1.89. The zero-order valence-electron chi connectivity index (χ0n) is 14.5. The third-order valence-corrected chi connectivity index (χ3v) is 5.29. The number of rotatable bonds is 6. The zero-order valence-corrected chi connectivity index (χ0v) is 14.5. The van der Waals surface area contributed by atoms with Crippen molar-refractivity contribution in [1.29, 1.82) is 0 Å². The van der Waals surface area contributed by atoms with E-state index in [0.29, 0.717) is 6.54 Å². The number of nitrogens with zero attached hydrogens (tertiary/aromatic N) is 1. The van der Waals surface area contributed by atoms with Crippen LogP contribution in [0.5, 0.6) is 0 Å². The predicted octanol–water partition coefficient (Wildman–Crippen LogP) is 0.921. The second kappa shape index (κ2) is 7.39. The summed E-state index contributed by atoms with van der Waals surface area (Å²) in [6, 6.07) is 1.91. The largest absolute Gasteiger partial charge is 0.480 e. The first-order valence-corrected chi connectivity index (χ1v) is 8.99. The van der Waals surface area contributed by atoms with Crippen LogP contribution >= 0.6 is 0 Å². The SMILES string of the molecule is CCN(CC(=O)O)C1CC(NC(=O)c2cc3c([nH]c2=O)CCCC3)C1. The Morgan fingerprint density at radius 3 is 2.72 bits per heavy atom. The number of aryl methyl sites for hydroxylation is 2. The van der Waals surface area contributed by atoms with Crippen LogP contribution in [-0.2, 0) is 17.6 Å². The van der Waals surface area contributed by atoms with Crippen molar-refractivity contribution in [2.45, 2.75) is 57.5 Å². The molecule has 0 radical (unpaired) electrons. The van der Waals surface area contributed by atoms with Crippen molar-refractivity contribution in [3.63, 3.8) is 0 Å². The number of likely N-dealkylation sites (N-methyl/N-ethyl adjacent to an activating group) is 1. The molecule has 1 aromatic rings. The number of amides is 1. The van der Waals surface area contributed by atoms with E-state index in [0.717, 1.165) is 49.8 Å². The van der Waals surface area contributed by atoms with Gasteiger partial charge in [-0.25, -0.2) is 0 Å². The Hall–Kier alpha value is -2.15.